The van der Waals surface area contributed by atoms with Gasteiger partial charge in [-0.15, -0.1) is 0 Å². The van der Waals surface area contributed by atoms with Crippen molar-refractivity contribution in [3.63, 3.8) is 0 Å². The van der Waals surface area contributed by atoms with Gasteiger partial charge in [0.15, 0.2) is 5.96 Å². The fourth-order valence-electron chi connectivity index (χ4n) is 3.10. The molecule has 0 spiro atoms. The van der Waals surface area contributed by atoms with E-state index >= 15 is 0 Å². The number of hydrogen-bond acceptors (Lipinski definition) is 4. The molecule has 0 heterocycles. The van der Waals surface area contributed by atoms with Crippen LogP contribution in [0.2, 0.25) is 0 Å². The second kappa shape index (κ2) is 11.2. The number of hydrogen-bond donors (Lipinski definition) is 2. The molecule has 1 rings (SSSR count). The molecule has 0 radical (unpaired) electrons. The van der Waals surface area contributed by atoms with Crippen LogP contribution in [0, 0.1) is 0 Å². The number of nitrogens with one attached hydrogen (secondary N) is 2. The van der Waals surface area contributed by atoms with Gasteiger partial charge < -0.3 is 10.6 Å². The van der Waals surface area contributed by atoms with Crippen LogP contribution in [0.3, 0.4) is 0 Å². The molecule has 1 aliphatic rings. The molecule has 0 amide bonds. The van der Waals surface area contributed by atoms with Gasteiger partial charge >= 0.3 is 0 Å². The Morgan fingerprint density at radius 3 is 2.54 bits per heavy atom. The highest BCUT2D eigenvalue weighted by Gasteiger charge is 2.23. The summed E-state index contributed by atoms with van der Waals surface area (Å²) in [6.07, 6.45) is 4.84. The van der Waals surface area contributed by atoms with Gasteiger partial charge in [-0.25, -0.2) is 12.7 Å². The average Bonchev–Trinajstić information content (AvgIpc) is 2.55. The standard InChI is InChI=1S/C16H34N4O2S2/c1-5-20(6-2)24(21,22)12-11-18-16(17-4)19-14-9-8-10-15(13-14)23-7-3/h14-15H,5-13H2,1-4H3,(H2,17,18,19). The maximum atomic E-state index is 12.2. The summed E-state index contributed by atoms with van der Waals surface area (Å²) in [6, 6.07) is 0.424. The highest BCUT2D eigenvalue weighted by molar-refractivity contribution is 7.99. The van der Waals surface area contributed by atoms with E-state index in [1.165, 1.54) is 17.1 Å². The minimum absolute atomic E-state index is 0.0916. The summed E-state index contributed by atoms with van der Waals surface area (Å²) in [5, 5.41) is 7.33. The fourth-order valence-corrected chi connectivity index (χ4v) is 5.67. The zero-order chi connectivity index (χ0) is 18.0. The van der Waals surface area contributed by atoms with Gasteiger partial charge in [-0.3, -0.25) is 4.99 Å². The van der Waals surface area contributed by atoms with E-state index < -0.39 is 10.0 Å². The Morgan fingerprint density at radius 1 is 1.25 bits per heavy atom. The summed E-state index contributed by atoms with van der Waals surface area (Å²) in [5.74, 6) is 1.96. The van der Waals surface area contributed by atoms with Gasteiger partial charge in [0.2, 0.25) is 10.0 Å². The Bertz CT molecular complexity index is 476. The van der Waals surface area contributed by atoms with Crippen molar-refractivity contribution >= 4 is 27.7 Å². The maximum absolute atomic E-state index is 12.2. The molecule has 24 heavy (non-hydrogen) atoms. The summed E-state index contributed by atoms with van der Waals surface area (Å²) in [5.41, 5.74) is 0. The van der Waals surface area contributed by atoms with Crippen LogP contribution < -0.4 is 10.6 Å². The molecule has 2 atom stereocenters. The van der Waals surface area contributed by atoms with Crippen molar-refractivity contribution < 1.29 is 8.42 Å². The lowest BCUT2D eigenvalue weighted by Gasteiger charge is -2.30. The van der Waals surface area contributed by atoms with Gasteiger partial charge in [0, 0.05) is 38.0 Å². The van der Waals surface area contributed by atoms with Crippen LogP contribution in [-0.4, -0.2) is 68.2 Å². The van der Waals surface area contributed by atoms with Crippen LogP contribution in [0.1, 0.15) is 46.5 Å². The van der Waals surface area contributed by atoms with Crippen molar-refractivity contribution in [2.75, 3.05) is 38.2 Å². The van der Waals surface area contributed by atoms with E-state index in [1.807, 2.05) is 25.6 Å². The zero-order valence-corrected chi connectivity index (χ0v) is 17.2. The lowest BCUT2D eigenvalue weighted by atomic mass is 9.95. The van der Waals surface area contributed by atoms with Crippen LogP contribution in [0.5, 0.6) is 0 Å². The summed E-state index contributed by atoms with van der Waals surface area (Å²) in [6.45, 7) is 7.34. The van der Waals surface area contributed by atoms with E-state index in [0.717, 1.165) is 23.8 Å². The molecule has 0 saturated heterocycles. The van der Waals surface area contributed by atoms with Crippen LogP contribution in [-0.2, 0) is 10.0 Å². The van der Waals surface area contributed by atoms with E-state index in [0.29, 0.717) is 31.6 Å². The first kappa shape index (κ1) is 21.6. The summed E-state index contributed by atoms with van der Waals surface area (Å²) >= 11 is 2.03. The number of sulfonamides is 1. The van der Waals surface area contributed by atoms with Crippen LogP contribution >= 0.6 is 11.8 Å². The molecule has 0 bridgehead atoms. The third kappa shape index (κ3) is 7.19. The molecule has 1 aliphatic carbocycles. The SMILES string of the molecule is CCSC1CCCC(NC(=NC)NCCS(=O)(=O)N(CC)CC)C1. The average molecular weight is 379 g/mol. The maximum Gasteiger partial charge on any atom is 0.215 e. The van der Waals surface area contributed by atoms with E-state index in [9.17, 15) is 8.42 Å². The monoisotopic (exact) mass is 378 g/mol. The quantitative estimate of drug-likeness (QED) is 0.473. The van der Waals surface area contributed by atoms with Crippen molar-refractivity contribution in [3.8, 4) is 0 Å². The molecule has 142 valence electrons. The summed E-state index contributed by atoms with van der Waals surface area (Å²) in [7, 11) is -1.46. The highest BCUT2D eigenvalue weighted by atomic mass is 32.2. The molecule has 2 N–H and O–H groups in total. The third-order valence-corrected chi connectivity index (χ3v) is 7.60. The normalized spacial score (nSPS) is 22.6. The molecule has 2 unspecified atom stereocenters. The van der Waals surface area contributed by atoms with Crippen LogP contribution in [0.15, 0.2) is 4.99 Å². The lowest BCUT2D eigenvalue weighted by Crippen LogP contribution is -2.47. The van der Waals surface area contributed by atoms with Crippen LogP contribution in [0.25, 0.3) is 0 Å². The predicted octanol–water partition coefficient (Wildman–Crippen LogP) is 1.89. The smallest absolute Gasteiger partial charge is 0.215 e. The molecule has 0 aliphatic heterocycles. The number of nitrogens with zero attached hydrogens (tertiary/aromatic N) is 2. The molecule has 6 nitrogen and oxygen atoms in total. The molecule has 0 aromatic carbocycles. The van der Waals surface area contributed by atoms with Gasteiger partial charge in [0.05, 0.1) is 5.75 Å². The predicted molar refractivity (Wildman–Crippen MR) is 105 cm³/mol. The Hall–Kier alpha value is -0.470. The number of guanidine groups is 1. The second-order valence-electron chi connectivity index (χ2n) is 5.98. The van der Waals surface area contributed by atoms with Crippen LogP contribution in [0.4, 0.5) is 0 Å². The van der Waals surface area contributed by atoms with Gasteiger partial charge in [-0.1, -0.05) is 27.2 Å². The van der Waals surface area contributed by atoms with E-state index in [1.54, 1.807) is 7.05 Å². The van der Waals surface area contributed by atoms with Crippen molar-refractivity contribution in [2.24, 2.45) is 4.99 Å². The zero-order valence-electron chi connectivity index (χ0n) is 15.5. The minimum atomic E-state index is -3.19. The van der Waals surface area contributed by atoms with E-state index in [2.05, 4.69) is 22.5 Å². The number of aliphatic imine (C=N–C) groups is 1. The van der Waals surface area contributed by atoms with Crippen molar-refractivity contribution in [3.05, 3.63) is 0 Å². The highest BCUT2D eigenvalue weighted by Crippen LogP contribution is 2.28. The fraction of sp³-hybridized carbons (Fsp3) is 0.938. The van der Waals surface area contributed by atoms with Gasteiger partial charge in [-0.05, 0) is 25.0 Å². The number of rotatable bonds is 9. The van der Waals surface area contributed by atoms with E-state index in [4.69, 9.17) is 0 Å². The number of thioether (sulfide) groups is 1. The molecular formula is C16H34N4O2S2. The summed E-state index contributed by atoms with van der Waals surface area (Å²) < 4.78 is 25.9. The van der Waals surface area contributed by atoms with Crippen molar-refractivity contribution in [1.29, 1.82) is 0 Å². The summed E-state index contributed by atoms with van der Waals surface area (Å²) in [4.78, 5) is 4.24. The molecule has 1 saturated carbocycles. The molecule has 0 aromatic rings. The van der Waals surface area contributed by atoms with Gasteiger partial charge in [0.25, 0.3) is 0 Å². The van der Waals surface area contributed by atoms with Gasteiger partial charge in [-0.2, -0.15) is 11.8 Å². The van der Waals surface area contributed by atoms with Crippen molar-refractivity contribution in [2.45, 2.75) is 57.7 Å². The molecule has 0 aromatic heterocycles. The van der Waals surface area contributed by atoms with E-state index in [-0.39, 0.29) is 5.75 Å². The first-order valence-electron chi connectivity index (χ1n) is 9.03. The Morgan fingerprint density at radius 2 is 1.96 bits per heavy atom. The second-order valence-corrected chi connectivity index (χ2v) is 9.65. The molecular weight excluding hydrogens is 344 g/mol. The topological polar surface area (TPSA) is 73.8 Å². The Kier molecular flexibility index (Phi) is 10.1. The van der Waals surface area contributed by atoms with Gasteiger partial charge in [0.1, 0.15) is 0 Å². The largest absolute Gasteiger partial charge is 0.355 e. The Labute approximate surface area is 152 Å². The minimum Gasteiger partial charge on any atom is -0.355 e. The first-order chi connectivity index (χ1) is 11.5. The third-order valence-electron chi connectivity index (χ3n) is 4.34. The van der Waals surface area contributed by atoms with Crippen molar-refractivity contribution in [1.82, 2.24) is 14.9 Å². The molecule has 1 fully saturated rings. The lowest BCUT2D eigenvalue weighted by molar-refractivity contribution is 0.419. The first-order valence-corrected chi connectivity index (χ1v) is 11.7. The molecule has 8 heteroatoms. The Balaban J connectivity index is 2.43.